The first-order chi connectivity index (χ1) is 12.8. The van der Waals surface area contributed by atoms with E-state index in [1.807, 2.05) is 28.9 Å². The largest absolute Gasteiger partial charge is 0.416 e. The van der Waals surface area contributed by atoms with Crippen LogP contribution >= 0.6 is 15.9 Å². The molecule has 0 saturated heterocycles. The van der Waals surface area contributed by atoms with Crippen molar-refractivity contribution in [2.24, 2.45) is 5.92 Å². The number of hydrogen-bond acceptors (Lipinski definition) is 2. The third-order valence-corrected chi connectivity index (χ3v) is 5.17. The molecule has 1 fully saturated rings. The molecule has 0 aliphatic heterocycles. The summed E-state index contributed by atoms with van der Waals surface area (Å²) >= 11 is 3.38. The molecule has 1 N–H and O–H groups in total. The fraction of sp³-hybridized carbons (Fsp3) is 0.263. The third-order valence-electron chi connectivity index (χ3n) is 4.70. The van der Waals surface area contributed by atoms with E-state index in [0.29, 0.717) is 12.1 Å². The second-order valence-electron chi connectivity index (χ2n) is 6.60. The van der Waals surface area contributed by atoms with E-state index in [1.165, 1.54) is 12.1 Å². The van der Waals surface area contributed by atoms with E-state index >= 15 is 0 Å². The predicted molar refractivity (Wildman–Crippen MR) is 97.0 cm³/mol. The second kappa shape index (κ2) is 6.67. The number of fused-ring (bicyclic) bond motifs is 1. The van der Waals surface area contributed by atoms with Crippen molar-refractivity contribution in [2.75, 3.05) is 0 Å². The summed E-state index contributed by atoms with van der Waals surface area (Å²) in [6.07, 6.45) is -0.315. The van der Waals surface area contributed by atoms with Crippen molar-refractivity contribution in [1.29, 1.82) is 0 Å². The van der Waals surface area contributed by atoms with Crippen molar-refractivity contribution in [2.45, 2.75) is 25.1 Å². The molecule has 1 saturated carbocycles. The van der Waals surface area contributed by atoms with E-state index in [9.17, 15) is 18.0 Å². The Bertz CT molecular complexity index is 1010. The minimum atomic E-state index is -4.41. The lowest BCUT2D eigenvalue weighted by atomic mass is 10.0. The fourth-order valence-corrected chi connectivity index (χ4v) is 3.67. The lowest BCUT2D eigenvalue weighted by molar-refractivity contribution is -0.138. The highest BCUT2D eigenvalue weighted by Gasteiger charge is 2.47. The topological polar surface area (TPSA) is 46.4 Å². The van der Waals surface area contributed by atoms with Crippen LogP contribution in [0.4, 0.5) is 13.2 Å². The second-order valence-corrected chi connectivity index (χ2v) is 7.51. The first kappa shape index (κ1) is 18.0. The van der Waals surface area contributed by atoms with Crippen LogP contribution < -0.4 is 5.32 Å². The Balaban J connectivity index is 1.42. The van der Waals surface area contributed by atoms with E-state index in [1.54, 1.807) is 6.07 Å². The Morgan fingerprint density at radius 1 is 1.22 bits per heavy atom. The first-order valence-corrected chi connectivity index (χ1v) is 9.19. The highest BCUT2D eigenvalue weighted by Crippen LogP contribution is 2.51. The number of rotatable bonds is 4. The number of imidazole rings is 1. The van der Waals surface area contributed by atoms with Gasteiger partial charge in [0.2, 0.25) is 5.91 Å². The Kier molecular flexibility index (Phi) is 4.46. The van der Waals surface area contributed by atoms with Crippen molar-refractivity contribution in [3.8, 4) is 0 Å². The standard InChI is InChI=1S/C19H15BrF3N3O/c20-11-5-6-17-25-12(10-26(17)9-11)8-24-18(27)15-7-14(15)13-3-1-2-4-16(13)19(21,22)23/h1-6,9-10,14-15H,7-8H2,(H,24,27)/t14-,15-/m0/s1. The van der Waals surface area contributed by atoms with Crippen LogP contribution in [0.1, 0.15) is 29.2 Å². The molecule has 27 heavy (non-hydrogen) atoms. The van der Waals surface area contributed by atoms with Crippen LogP contribution in [0.5, 0.6) is 0 Å². The summed E-state index contributed by atoms with van der Waals surface area (Å²) in [5, 5.41) is 2.79. The number of carbonyl (C=O) groups excluding carboxylic acids is 1. The molecule has 0 unspecified atom stereocenters. The van der Waals surface area contributed by atoms with Gasteiger partial charge in [0.15, 0.2) is 0 Å². The molecule has 8 heteroatoms. The molecule has 140 valence electrons. The summed E-state index contributed by atoms with van der Waals surface area (Å²) < 4.78 is 42.2. The maximum absolute atomic E-state index is 13.1. The zero-order valence-electron chi connectivity index (χ0n) is 14.0. The monoisotopic (exact) mass is 437 g/mol. The molecule has 0 bridgehead atoms. The Hall–Kier alpha value is -2.35. The number of amides is 1. The summed E-state index contributed by atoms with van der Waals surface area (Å²) in [5.74, 6) is -1.06. The van der Waals surface area contributed by atoms with Gasteiger partial charge < -0.3 is 9.72 Å². The Morgan fingerprint density at radius 3 is 2.78 bits per heavy atom. The zero-order valence-corrected chi connectivity index (χ0v) is 15.6. The molecule has 1 amide bonds. The predicted octanol–water partition coefficient (Wildman–Crippen LogP) is 4.54. The van der Waals surface area contributed by atoms with Gasteiger partial charge in [-0.25, -0.2) is 4.98 Å². The summed E-state index contributed by atoms with van der Waals surface area (Å²) in [5.41, 5.74) is 0.985. The minimum absolute atomic E-state index is 0.197. The maximum Gasteiger partial charge on any atom is 0.416 e. The van der Waals surface area contributed by atoms with E-state index in [0.717, 1.165) is 16.2 Å². The molecular weight excluding hydrogens is 423 g/mol. The number of nitrogens with zero attached hydrogens (tertiary/aromatic N) is 2. The molecule has 1 aromatic carbocycles. The van der Waals surface area contributed by atoms with Crippen LogP contribution in [0.2, 0.25) is 0 Å². The van der Waals surface area contributed by atoms with Crippen molar-refractivity contribution >= 4 is 27.5 Å². The highest BCUT2D eigenvalue weighted by atomic mass is 79.9. The van der Waals surface area contributed by atoms with E-state index in [4.69, 9.17) is 0 Å². The Labute approximate surface area is 161 Å². The zero-order chi connectivity index (χ0) is 19.2. The van der Waals surface area contributed by atoms with Crippen LogP contribution in [0.3, 0.4) is 0 Å². The quantitative estimate of drug-likeness (QED) is 0.651. The van der Waals surface area contributed by atoms with Gasteiger partial charge in [-0.05, 0) is 52.0 Å². The molecule has 0 spiro atoms. The van der Waals surface area contributed by atoms with Crippen LogP contribution in [-0.2, 0) is 17.5 Å². The third kappa shape index (κ3) is 3.71. The maximum atomic E-state index is 13.1. The van der Waals surface area contributed by atoms with Gasteiger partial charge in [0.05, 0.1) is 17.8 Å². The van der Waals surface area contributed by atoms with Crippen molar-refractivity contribution < 1.29 is 18.0 Å². The van der Waals surface area contributed by atoms with Crippen molar-refractivity contribution in [1.82, 2.24) is 14.7 Å². The number of nitrogens with one attached hydrogen (secondary N) is 1. The Morgan fingerprint density at radius 2 is 2.00 bits per heavy atom. The number of pyridine rings is 1. The van der Waals surface area contributed by atoms with Gasteiger partial charge in [-0.15, -0.1) is 0 Å². The average Bonchev–Trinajstić information content (AvgIpc) is 3.32. The number of carbonyl (C=O) groups is 1. The van der Waals surface area contributed by atoms with Crippen molar-refractivity contribution in [3.63, 3.8) is 0 Å². The fourth-order valence-electron chi connectivity index (χ4n) is 3.32. The van der Waals surface area contributed by atoms with E-state index in [2.05, 4.69) is 26.2 Å². The van der Waals surface area contributed by atoms with Gasteiger partial charge in [0.1, 0.15) is 5.65 Å². The normalized spacial score (nSPS) is 19.3. The molecule has 1 aliphatic carbocycles. The van der Waals surface area contributed by atoms with Gasteiger partial charge in [-0.2, -0.15) is 13.2 Å². The van der Waals surface area contributed by atoms with Crippen LogP contribution in [0, 0.1) is 5.92 Å². The number of aromatic nitrogens is 2. The van der Waals surface area contributed by atoms with E-state index in [-0.39, 0.29) is 23.9 Å². The lowest BCUT2D eigenvalue weighted by Gasteiger charge is -2.12. The summed E-state index contributed by atoms with van der Waals surface area (Å²) in [7, 11) is 0. The van der Waals surface area contributed by atoms with Gasteiger partial charge >= 0.3 is 6.18 Å². The molecular formula is C19H15BrF3N3O. The minimum Gasteiger partial charge on any atom is -0.350 e. The van der Waals surface area contributed by atoms with Crippen LogP contribution in [0.15, 0.2) is 53.3 Å². The highest BCUT2D eigenvalue weighted by molar-refractivity contribution is 9.10. The average molecular weight is 438 g/mol. The number of hydrogen-bond donors (Lipinski definition) is 1. The molecule has 4 nitrogen and oxygen atoms in total. The molecule has 2 aromatic heterocycles. The van der Waals surface area contributed by atoms with Gasteiger partial charge in [0.25, 0.3) is 0 Å². The first-order valence-electron chi connectivity index (χ1n) is 8.40. The summed E-state index contributed by atoms with van der Waals surface area (Å²) in [6, 6.07) is 9.19. The van der Waals surface area contributed by atoms with Crippen LogP contribution in [-0.4, -0.2) is 15.3 Å². The molecule has 0 radical (unpaired) electrons. The van der Waals surface area contributed by atoms with Gasteiger partial charge in [-0.3, -0.25) is 4.79 Å². The number of benzene rings is 1. The number of alkyl halides is 3. The lowest BCUT2D eigenvalue weighted by Crippen LogP contribution is -2.25. The summed E-state index contributed by atoms with van der Waals surface area (Å²) in [6.45, 7) is 0.238. The molecule has 1 aliphatic rings. The molecule has 3 aromatic rings. The van der Waals surface area contributed by atoms with E-state index < -0.39 is 17.7 Å². The smallest absolute Gasteiger partial charge is 0.350 e. The molecule has 4 rings (SSSR count). The summed E-state index contributed by atoms with van der Waals surface area (Å²) in [4.78, 5) is 16.8. The molecule has 2 atom stereocenters. The van der Waals surface area contributed by atoms with Crippen molar-refractivity contribution in [3.05, 3.63) is 70.1 Å². The molecule has 2 heterocycles. The van der Waals surface area contributed by atoms with Gasteiger partial charge in [-0.1, -0.05) is 18.2 Å². The van der Waals surface area contributed by atoms with Gasteiger partial charge in [0, 0.05) is 22.8 Å². The number of halogens is 4. The SMILES string of the molecule is O=C(NCc1cn2cc(Br)ccc2n1)[C@H]1C[C@H]1c1ccccc1C(F)(F)F. The van der Waals surface area contributed by atoms with Crippen LogP contribution in [0.25, 0.3) is 5.65 Å².